The van der Waals surface area contributed by atoms with Gasteiger partial charge in [0.15, 0.2) is 0 Å². The van der Waals surface area contributed by atoms with E-state index >= 15 is 0 Å². The van der Waals surface area contributed by atoms with Crippen LogP contribution in [0.2, 0.25) is 0 Å². The van der Waals surface area contributed by atoms with Crippen LogP contribution in [0.1, 0.15) is 11.1 Å². The first-order valence-electron chi connectivity index (χ1n) is 18.3. The van der Waals surface area contributed by atoms with Gasteiger partial charge in [0.25, 0.3) is 0 Å². The summed E-state index contributed by atoms with van der Waals surface area (Å²) in [5, 5.41) is 27.0. The van der Waals surface area contributed by atoms with Gasteiger partial charge in [-0.3, -0.25) is 0 Å². The summed E-state index contributed by atoms with van der Waals surface area (Å²) in [6.07, 6.45) is 0. The topological polar surface area (TPSA) is 62.4 Å². The predicted octanol–water partition coefficient (Wildman–Crippen LogP) is 12.4. The molecule has 0 saturated carbocycles. The summed E-state index contributed by atoms with van der Waals surface area (Å²) in [4.78, 5) is 0. The van der Waals surface area contributed by atoms with Crippen molar-refractivity contribution in [3.63, 3.8) is 0 Å². The zero-order chi connectivity index (χ0) is 36.6. The van der Waals surface area contributed by atoms with Crippen LogP contribution in [0.4, 0.5) is 0 Å². The summed E-state index contributed by atoms with van der Waals surface area (Å²) in [6, 6.07) is 66.0. The Morgan fingerprint density at radius 1 is 0.327 bits per heavy atom. The molecule has 0 atom stereocenters. The molecule has 11 rings (SSSR count). The molecule has 0 aliphatic heterocycles. The Balaban J connectivity index is 1.11. The molecule has 11 aromatic rings. The monoisotopic (exact) mass is 699 g/mol. The molecular weight excluding hydrogens is 671 g/mol. The Morgan fingerprint density at radius 2 is 0.855 bits per heavy atom. The van der Waals surface area contributed by atoms with Crippen LogP contribution in [0.3, 0.4) is 0 Å². The zero-order valence-corrected chi connectivity index (χ0v) is 29.5. The van der Waals surface area contributed by atoms with Gasteiger partial charge in [0.05, 0.1) is 62.1 Å². The summed E-state index contributed by atoms with van der Waals surface area (Å²) < 4.78 is 6.95. The van der Waals surface area contributed by atoms with Crippen LogP contribution in [0, 0.1) is 22.7 Å². The molecule has 0 radical (unpaired) electrons. The number of nitriles is 2. The van der Waals surface area contributed by atoms with Crippen molar-refractivity contribution in [2.75, 3.05) is 0 Å². The molecule has 254 valence electrons. The van der Waals surface area contributed by atoms with E-state index in [4.69, 9.17) is 0 Å². The highest BCUT2D eigenvalue weighted by Gasteiger charge is 2.20. The molecular formula is C50H29N5. The molecule has 0 saturated heterocycles. The first-order valence-corrected chi connectivity index (χ1v) is 18.3. The largest absolute Gasteiger partial charge is 0.309 e. The molecule has 0 aliphatic rings. The van der Waals surface area contributed by atoms with Gasteiger partial charge in [0.2, 0.25) is 0 Å². The standard InChI is InChI=1S/C50H29N5/c51-30-32-20-25-42-40-12-1-5-15-44(40)53(49(42)28-32)37-27-33(31-52)26-35(29-37)34-21-23-36(24-22-34)54-45-16-6-4-13-41(45)43-14-9-19-48(50(43)54)55-46-17-7-2-10-38(46)39-11-3-8-18-47(39)55/h1-29H. The first-order chi connectivity index (χ1) is 27.2. The van der Waals surface area contributed by atoms with Crippen LogP contribution in [-0.4, -0.2) is 13.7 Å². The number of aromatic nitrogens is 3. The Labute approximate surface area is 316 Å². The smallest absolute Gasteiger partial charge is 0.0992 e. The summed E-state index contributed by atoms with van der Waals surface area (Å²) in [5.41, 5.74) is 12.7. The average Bonchev–Trinajstić information content (AvgIpc) is 3.89. The number of benzene rings is 8. The SMILES string of the molecule is N#Cc1cc(-c2ccc(-n3c4ccccc4c4cccc(-n5c6ccccc6c6ccccc65)c43)cc2)cc(-n2c3ccccc3c3ccc(C#N)cc32)c1. The molecule has 0 bridgehead atoms. The van der Waals surface area contributed by atoms with Gasteiger partial charge < -0.3 is 13.7 Å². The van der Waals surface area contributed by atoms with E-state index in [2.05, 4.69) is 159 Å². The fourth-order valence-corrected chi connectivity index (χ4v) is 8.72. The van der Waals surface area contributed by atoms with E-state index in [-0.39, 0.29) is 0 Å². The van der Waals surface area contributed by atoms with Gasteiger partial charge in [0, 0.05) is 43.7 Å². The van der Waals surface area contributed by atoms with Gasteiger partial charge in [-0.05, 0) is 83.9 Å². The molecule has 0 aliphatic carbocycles. The average molecular weight is 700 g/mol. The highest BCUT2D eigenvalue weighted by Crippen LogP contribution is 2.40. The highest BCUT2D eigenvalue weighted by molar-refractivity contribution is 6.15. The molecule has 5 nitrogen and oxygen atoms in total. The molecule has 0 amide bonds. The normalized spacial score (nSPS) is 11.6. The van der Waals surface area contributed by atoms with E-state index in [1.807, 2.05) is 42.5 Å². The van der Waals surface area contributed by atoms with Gasteiger partial charge in [-0.1, -0.05) is 103 Å². The lowest BCUT2D eigenvalue weighted by molar-refractivity contribution is 1.13. The Morgan fingerprint density at radius 3 is 1.47 bits per heavy atom. The number of nitrogens with zero attached hydrogens (tertiary/aromatic N) is 5. The van der Waals surface area contributed by atoms with Crippen LogP contribution in [0.25, 0.3) is 93.6 Å². The van der Waals surface area contributed by atoms with E-state index in [1.54, 1.807) is 0 Å². The number of para-hydroxylation sites is 5. The van der Waals surface area contributed by atoms with Crippen molar-refractivity contribution in [1.29, 1.82) is 10.5 Å². The van der Waals surface area contributed by atoms with Crippen molar-refractivity contribution in [2.24, 2.45) is 0 Å². The molecule has 0 N–H and O–H groups in total. The third-order valence-corrected chi connectivity index (χ3v) is 11.1. The Bertz CT molecular complexity index is 3400. The van der Waals surface area contributed by atoms with E-state index in [9.17, 15) is 10.5 Å². The van der Waals surface area contributed by atoms with E-state index < -0.39 is 0 Å². The third-order valence-electron chi connectivity index (χ3n) is 11.1. The lowest BCUT2D eigenvalue weighted by Gasteiger charge is -2.15. The predicted molar refractivity (Wildman–Crippen MR) is 224 cm³/mol. The molecule has 0 spiro atoms. The molecule has 0 unspecified atom stereocenters. The van der Waals surface area contributed by atoms with Crippen LogP contribution in [0.5, 0.6) is 0 Å². The maximum atomic E-state index is 10.2. The van der Waals surface area contributed by atoms with E-state index in [0.29, 0.717) is 11.1 Å². The molecule has 8 aromatic carbocycles. The maximum absolute atomic E-state index is 10.2. The summed E-state index contributed by atoms with van der Waals surface area (Å²) in [5.74, 6) is 0. The third kappa shape index (κ3) is 4.51. The van der Waals surface area contributed by atoms with Crippen molar-refractivity contribution in [2.45, 2.75) is 0 Å². The minimum absolute atomic E-state index is 0.567. The molecule has 3 aromatic heterocycles. The lowest BCUT2D eigenvalue weighted by atomic mass is 10.0. The molecule has 5 heteroatoms. The van der Waals surface area contributed by atoms with Gasteiger partial charge >= 0.3 is 0 Å². The second-order valence-electron chi connectivity index (χ2n) is 14.0. The van der Waals surface area contributed by atoms with E-state index in [1.165, 1.54) is 32.6 Å². The number of rotatable bonds is 4. The minimum Gasteiger partial charge on any atom is -0.309 e. The molecule has 55 heavy (non-hydrogen) atoms. The van der Waals surface area contributed by atoms with Crippen molar-refractivity contribution >= 4 is 65.4 Å². The van der Waals surface area contributed by atoms with E-state index in [0.717, 1.165) is 61.0 Å². The Hall–Kier alpha value is -7.86. The van der Waals surface area contributed by atoms with Crippen LogP contribution < -0.4 is 0 Å². The van der Waals surface area contributed by atoms with Gasteiger partial charge in [0.1, 0.15) is 0 Å². The maximum Gasteiger partial charge on any atom is 0.0992 e. The quantitative estimate of drug-likeness (QED) is 0.184. The minimum atomic E-state index is 0.567. The Kier molecular flexibility index (Phi) is 6.61. The van der Waals surface area contributed by atoms with Crippen LogP contribution >= 0.6 is 0 Å². The van der Waals surface area contributed by atoms with Gasteiger partial charge in [-0.15, -0.1) is 0 Å². The highest BCUT2D eigenvalue weighted by atomic mass is 15.1. The number of hydrogen-bond donors (Lipinski definition) is 0. The fourth-order valence-electron chi connectivity index (χ4n) is 8.72. The van der Waals surface area contributed by atoms with Gasteiger partial charge in [-0.2, -0.15) is 10.5 Å². The summed E-state index contributed by atoms with van der Waals surface area (Å²) in [6.45, 7) is 0. The van der Waals surface area contributed by atoms with Crippen molar-refractivity contribution in [1.82, 2.24) is 13.7 Å². The molecule has 3 heterocycles. The second kappa shape index (κ2) is 11.8. The van der Waals surface area contributed by atoms with Crippen molar-refractivity contribution in [3.05, 3.63) is 187 Å². The van der Waals surface area contributed by atoms with Crippen molar-refractivity contribution in [3.8, 4) is 40.3 Å². The molecule has 0 fully saturated rings. The van der Waals surface area contributed by atoms with Crippen LogP contribution in [0.15, 0.2) is 176 Å². The first kappa shape index (κ1) is 30.7. The number of hydrogen-bond acceptors (Lipinski definition) is 2. The summed E-state index contributed by atoms with van der Waals surface area (Å²) >= 11 is 0. The van der Waals surface area contributed by atoms with Crippen molar-refractivity contribution < 1.29 is 0 Å². The van der Waals surface area contributed by atoms with Crippen LogP contribution in [-0.2, 0) is 0 Å². The van der Waals surface area contributed by atoms with Gasteiger partial charge in [-0.25, -0.2) is 0 Å². The lowest BCUT2D eigenvalue weighted by Crippen LogP contribution is -2.00. The summed E-state index contributed by atoms with van der Waals surface area (Å²) in [7, 11) is 0. The number of fused-ring (bicyclic) bond motifs is 9. The second-order valence-corrected chi connectivity index (χ2v) is 14.0. The fraction of sp³-hybridized carbons (Fsp3) is 0. The zero-order valence-electron chi connectivity index (χ0n) is 29.5.